The Labute approximate surface area is 148 Å². The standard InChI is InChI=1S/C22H22N2O/c1-24(20-15-9-4-10-16-20)21(25)17-23-22(18-11-5-2-6-12-18)19-13-7-3-8-14-19/h2-16,22-23H,17H2,1H3. The molecule has 25 heavy (non-hydrogen) atoms. The Bertz CT molecular complexity index is 749. The van der Waals surface area contributed by atoms with Crippen molar-refractivity contribution < 1.29 is 4.79 Å². The SMILES string of the molecule is CN(C(=O)CNC(c1ccccc1)c1ccccc1)c1ccccc1. The third-order valence-electron chi connectivity index (χ3n) is 4.24. The molecule has 0 saturated carbocycles. The number of nitrogens with one attached hydrogen (secondary N) is 1. The molecule has 3 heteroatoms. The number of rotatable bonds is 6. The maximum atomic E-state index is 12.6. The summed E-state index contributed by atoms with van der Waals surface area (Å²) >= 11 is 0. The minimum absolute atomic E-state index is 0.0180. The van der Waals surface area contributed by atoms with Gasteiger partial charge in [-0.05, 0) is 23.3 Å². The summed E-state index contributed by atoms with van der Waals surface area (Å²) in [6, 6.07) is 30.1. The molecular formula is C22H22N2O. The van der Waals surface area contributed by atoms with Gasteiger partial charge in [0.05, 0.1) is 12.6 Å². The van der Waals surface area contributed by atoms with Crippen LogP contribution in [0.5, 0.6) is 0 Å². The Morgan fingerprint density at radius 3 is 1.72 bits per heavy atom. The largest absolute Gasteiger partial charge is 0.314 e. The van der Waals surface area contributed by atoms with Gasteiger partial charge in [0.15, 0.2) is 0 Å². The predicted octanol–water partition coefficient (Wildman–Crippen LogP) is 4.03. The van der Waals surface area contributed by atoms with Crippen LogP contribution in [-0.4, -0.2) is 19.5 Å². The zero-order valence-corrected chi connectivity index (χ0v) is 14.3. The number of benzene rings is 3. The Morgan fingerprint density at radius 2 is 1.24 bits per heavy atom. The van der Waals surface area contributed by atoms with Crippen molar-refractivity contribution in [3.8, 4) is 0 Å². The van der Waals surface area contributed by atoms with Gasteiger partial charge in [-0.1, -0.05) is 78.9 Å². The van der Waals surface area contributed by atoms with Crippen molar-refractivity contribution in [3.63, 3.8) is 0 Å². The second-order valence-electron chi connectivity index (χ2n) is 5.92. The molecule has 3 aromatic rings. The van der Waals surface area contributed by atoms with Crippen LogP contribution in [0.3, 0.4) is 0 Å². The van der Waals surface area contributed by atoms with E-state index in [1.165, 1.54) is 0 Å². The lowest BCUT2D eigenvalue weighted by Gasteiger charge is -2.22. The van der Waals surface area contributed by atoms with E-state index >= 15 is 0 Å². The van der Waals surface area contributed by atoms with E-state index in [-0.39, 0.29) is 18.5 Å². The molecule has 0 spiro atoms. The highest BCUT2D eigenvalue weighted by Gasteiger charge is 2.17. The fraction of sp³-hybridized carbons (Fsp3) is 0.136. The van der Waals surface area contributed by atoms with E-state index < -0.39 is 0 Å². The average Bonchev–Trinajstić information content (AvgIpc) is 2.70. The molecule has 0 bridgehead atoms. The molecule has 0 fully saturated rings. The molecule has 0 saturated heterocycles. The molecule has 0 atom stereocenters. The van der Waals surface area contributed by atoms with Crippen LogP contribution < -0.4 is 10.2 Å². The predicted molar refractivity (Wildman–Crippen MR) is 103 cm³/mol. The fourth-order valence-electron chi connectivity index (χ4n) is 2.82. The Kier molecular flexibility index (Phi) is 5.60. The third kappa shape index (κ3) is 4.34. The lowest BCUT2D eigenvalue weighted by atomic mass is 9.99. The van der Waals surface area contributed by atoms with Crippen molar-refractivity contribution in [3.05, 3.63) is 102 Å². The summed E-state index contributed by atoms with van der Waals surface area (Å²) in [5.41, 5.74) is 3.18. The molecule has 1 amide bonds. The highest BCUT2D eigenvalue weighted by atomic mass is 16.2. The van der Waals surface area contributed by atoms with E-state index in [2.05, 4.69) is 29.6 Å². The summed E-state index contributed by atoms with van der Waals surface area (Å²) < 4.78 is 0. The molecule has 0 aliphatic rings. The lowest BCUT2D eigenvalue weighted by Crippen LogP contribution is -2.37. The van der Waals surface area contributed by atoms with Crippen LogP contribution in [0, 0.1) is 0 Å². The van der Waals surface area contributed by atoms with Gasteiger partial charge in [-0.3, -0.25) is 10.1 Å². The molecule has 3 rings (SSSR count). The van der Waals surface area contributed by atoms with Crippen LogP contribution in [0.1, 0.15) is 17.2 Å². The molecule has 0 unspecified atom stereocenters. The van der Waals surface area contributed by atoms with E-state index in [9.17, 15) is 4.79 Å². The van der Waals surface area contributed by atoms with E-state index in [4.69, 9.17) is 0 Å². The van der Waals surface area contributed by atoms with Gasteiger partial charge in [-0.15, -0.1) is 0 Å². The van der Waals surface area contributed by atoms with Gasteiger partial charge < -0.3 is 4.90 Å². The normalized spacial score (nSPS) is 10.6. The maximum Gasteiger partial charge on any atom is 0.240 e. The summed E-state index contributed by atoms with van der Waals surface area (Å²) in [5, 5.41) is 3.41. The molecular weight excluding hydrogens is 308 g/mol. The topological polar surface area (TPSA) is 32.3 Å². The Hall–Kier alpha value is -2.91. The van der Waals surface area contributed by atoms with E-state index in [0.29, 0.717) is 0 Å². The fourth-order valence-corrected chi connectivity index (χ4v) is 2.82. The van der Waals surface area contributed by atoms with Crippen molar-refractivity contribution >= 4 is 11.6 Å². The van der Waals surface area contributed by atoms with Gasteiger partial charge >= 0.3 is 0 Å². The van der Waals surface area contributed by atoms with Crippen molar-refractivity contribution in [1.82, 2.24) is 5.32 Å². The molecule has 3 nitrogen and oxygen atoms in total. The number of carbonyl (C=O) groups excluding carboxylic acids is 1. The van der Waals surface area contributed by atoms with Crippen LogP contribution >= 0.6 is 0 Å². The monoisotopic (exact) mass is 330 g/mol. The van der Waals surface area contributed by atoms with Crippen molar-refractivity contribution in [2.24, 2.45) is 0 Å². The number of para-hydroxylation sites is 1. The lowest BCUT2D eigenvalue weighted by molar-refractivity contribution is -0.117. The van der Waals surface area contributed by atoms with Gasteiger partial charge in [0.2, 0.25) is 5.91 Å². The summed E-state index contributed by atoms with van der Waals surface area (Å²) in [4.78, 5) is 14.3. The van der Waals surface area contributed by atoms with Crippen LogP contribution in [0.2, 0.25) is 0 Å². The highest BCUT2D eigenvalue weighted by molar-refractivity contribution is 5.94. The number of hydrogen-bond donors (Lipinski definition) is 1. The van der Waals surface area contributed by atoms with Gasteiger partial charge in [-0.25, -0.2) is 0 Å². The van der Waals surface area contributed by atoms with Gasteiger partial charge in [0.1, 0.15) is 0 Å². The summed E-state index contributed by atoms with van der Waals surface area (Å²) in [6.07, 6.45) is 0. The van der Waals surface area contributed by atoms with E-state index in [1.807, 2.05) is 66.7 Å². The first kappa shape index (κ1) is 16.9. The first-order chi connectivity index (χ1) is 12.3. The summed E-state index contributed by atoms with van der Waals surface area (Å²) in [6.45, 7) is 0.264. The second kappa shape index (κ2) is 8.27. The van der Waals surface area contributed by atoms with Crippen molar-refractivity contribution in [2.75, 3.05) is 18.5 Å². The van der Waals surface area contributed by atoms with Crippen LogP contribution in [0.15, 0.2) is 91.0 Å². The zero-order valence-electron chi connectivity index (χ0n) is 14.3. The first-order valence-electron chi connectivity index (χ1n) is 8.40. The number of hydrogen-bond acceptors (Lipinski definition) is 2. The first-order valence-corrected chi connectivity index (χ1v) is 8.40. The third-order valence-corrected chi connectivity index (χ3v) is 4.24. The quantitative estimate of drug-likeness (QED) is 0.740. The minimum Gasteiger partial charge on any atom is -0.314 e. The van der Waals surface area contributed by atoms with E-state index in [1.54, 1.807) is 11.9 Å². The van der Waals surface area contributed by atoms with E-state index in [0.717, 1.165) is 16.8 Å². The Balaban J connectivity index is 1.74. The Morgan fingerprint density at radius 1 is 0.800 bits per heavy atom. The summed E-state index contributed by atoms with van der Waals surface area (Å²) in [7, 11) is 1.80. The number of carbonyl (C=O) groups is 1. The molecule has 1 N–H and O–H groups in total. The zero-order chi connectivity index (χ0) is 17.5. The van der Waals surface area contributed by atoms with Crippen LogP contribution in [-0.2, 0) is 4.79 Å². The number of anilines is 1. The van der Waals surface area contributed by atoms with Crippen molar-refractivity contribution in [2.45, 2.75) is 6.04 Å². The molecule has 0 heterocycles. The average molecular weight is 330 g/mol. The molecule has 0 aromatic heterocycles. The van der Waals surface area contributed by atoms with Crippen molar-refractivity contribution in [1.29, 1.82) is 0 Å². The van der Waals surface area contributed by atoms with Crippen LogP contribution in [0.4, 0.5) is 5.69 Å². The van der Waals surface area contributed by atoms with Gasteiger partial charge in [0.25, 0.3) is 0 Å². The highest BCUT2D eigenvalue weighted by Crippen LogP contribution is 2.21. The molecule has 126 valence electrons. The minimum atomic E-state index is -0.0180. The molecule has 0 aliphatic carbocycles. The maximum absolute atomic E-state index is 12.6. The van der Waals surface area contributed by atoms with Gasteiger partial charge in [-0.2, -0.15) is 0 Å². The molecule has 0 radical (unpaired) electrons. The second-order valence-corrected chi connectivity index (χ2v) is 5.92. The number of likely N-dealkylation sites (N-methyl/N-ethyl adjacent to an activating group) is 1. The molecule has 0 aliphatic heterocycles. The molecule has 3 aromatic carbocycles. The summed E-state index contributed by atoms with van der Waals surface area (Å²) in [5.74, 6) is 0.0306. The van der Waals surface area contributed by atoms with Gasteiger partial charge in [0, 0.05) is 12.7 Å². The smallest absolute Gasteiger partial charge is 0.240 e. The van der Waals surface area contributed by atoms with Crippen LogP contribution in [0.25, 0.3) is 0 Å². The number of amides is 1. The number of nitrogens with zero attached hydrogens (tertiary/aromatic N) is 1.